The summed E-state index contributed by atoms with van der Waals surface area (Å²) in [6, 6.07) is 6.70. The summed E-state index contributed by atoms with van der Waals surface area (Å²) in [7, 11) is 1.43. The predicted molar refractivity (Wildman–Crippen MR) is 77.9 cm³/mol. The number of hydrogen-bond donors (Lipinski definition) is 1. The van der Waals surface area contributed by atoms with Crippen LogP contribution in [-0.2, 0) is 9.53 Å². The first kappa shape index (κ1) is 16.3. The van der Waals surface area contributed by atoms with Gasteiger partial charge >= 0.3 is 5.97 Å². The molecule has 4 heteroatoms. The maximum absolute atomic E-state index is 11.5. The lowest BCUT2D eigenvalue weighted by atomic mass is 9.87. The Morgan fingerprint density at radius 1 is 1.15 bits per heavy atom. The molecule has 0 aliphatic carbocycles. The molecule has 0 amide bonds. The van der Waals surface area contributed by atoms with Gasteiger partial charge in [-0.05, 0) is 51.0 Å². The van der Waals surface area contributed by atoms with Crippen molar-refractivity contribution in [2.45, 2.75) is 39.5 Å². The molecule has 0 bridgehead atoms. The number of esters is 1. The van der Waals surface area contributed by atoms with Crippen LogP contribution in [0.1, 0.15) is 39.5 Å². The third-order valence-electron chi connectivity index (χ3n) is 3.29. The Labute approximate surface area is 120 Å². The number of unbranched alkanes of at least 4 members (excludes halogenated alkanes) is 2. The standard InChI is InChI=1S/C16H24O4/c1-16(2,15(18)19-3)11-5-4-6-12-20-14-9-7-13(17)8-10-14/h7-10,17H,4-6,11-12H2,1-3H3. The zero-order valence-corrected chi connectivity index (χ0v) is 12.5. The van der Waals surface area contributed by atoms with Gasteiger partial charge in [0.05, 0.1) is 19.1 Å². The lowest BCUT2D eigenvalue weighted by molar-refractivity contribution is -0.151. The number of ether oxygens (including phenoxy) is 2. The topological polar surface area (TPSA) is 55.8 Å². The molecule has 1 aromatic carbocycles. The van der Waals surface area contributed by atoms with Gasteiger partial charge in [0.2, 0.25) is 0 Å². The molecule has 4 nitrogen and oxygen atoms in total. The van der Waals surface area contributed by atoms with E-state index in [1.54, 1.807) is 24.3 Å². The first-order valence-electron chi connectivity index (χ1n) is 6.96. The largest absolute Gasteiger partial charge is 0.508 e. The summed E-state index contributed by atoms with van der Waals surface area (Å²) >= 11 is 0. The second kappa shape index (κ2) is 7.78. The highest BCUT2D eigenvalue weighted by molar-refractivity contribution is 5.75. The summed E-state index contributed by atoms with van der Waals surface area (Å²) in [6.07, 6.45) is 3.75. The fourth-order valence-electron chi connectivity index (χ4n) is 1.96. The smallest absolute Gasteiger partial charge is 0.311 e. The van der Waals surface area contributed by atoms with Gasteiger partial charge in [-0.2, -0.15) is 0 Å². The van der Waals surface area contributed by atoms with Crippen molar-refractivity contribution in [3.63, 3.8) is 0 Å². The van der Waals surface area contributed by atoms with Crippen LogP contribution < -0.4 is 4.74 Å². The van der Waals surface area contributed by atoms with Gasteiger partial charge in [0.1, 0.15) is 11.5 Å². The molecule has 0 aromatic heterocycles. The minimum absolute atomic E-state index is 0.155. The van der Waals surface area contributed by atoms with Gasteiger partial charge in [-0.15, -0.1) is 0 Å². The summed E-state index contributed by atoms with van der Waals surface area (Å²) in [5.41, 5.74) is -0.410. The average Bonchev–Trinajstić information content (AvgIpc) is 2.43. The van der Waals surface area contributed by atoms with E-state index in [4.69, 9.17) is 14.6 Å². The van der Waals surface area contributed by atoms with Crippen LogP contribution in [0.4, 0.5) is 0 Å². The summed E-state index contributed by atoms with van der Waals surface area (Å²) in [6.45, 7) is 4.46. The fourth-order valence-corrected chi connectivity index (χ4v) is 1.96. The van der Waals surface area contributed by atoms with Crippen LogP contribution in [0.25, 0.3) is 0 Å². The molecule has 0 atom stereocenters. The average molecular weight is 280 g/mol. The van der Waals surface area contributed by atoms with Crippen molar-refractivity contribution in [3.05, 3.63) is 24.3 Å². The normalized spacial score (nSPS) is 11.2. The number of carbonyl (C=O) groups is 1. The molecule has 0 fully saturated rings. The highest BCUT2D eigenvalue weighted by Gasteiger charge is 2.27. The second-order valence-electron chi connectivity index (χ2n) is 5.53. The molecule has 0 radical (unpaired) electrons. The van der Waals surface area contributed by atoms with Crippen LogP contribution >= 0.6 is 0 Å². The molecule has 1 aromatic rings. The van der Waals surface area contributed by atoms with E-state index in [-0.39, 0.29) is 11.7 Å². The maximum atomic E-state index is 11.5. The van der Waals surface area contributed by atoms with Crippen molar-refractivity contribution < 1.29 is 19.4 Å². The molecule has 20 heavy (non-hydrogen) atoms. The minimum atomic E-state index is -0.410. The van der Waals surface area contributed by atoms with Crippen molar-refractivity contribution in [1.29, 1.82) is 0 Å². The lowest BCUT2D eigenvalue weighted by Gasteiger charge is -2.20. The van der Waals surface area contributed by atoms with Gasteiger partial charge in [-0.3, -0.25) is 4.79 Å². The lowest BCUT2D eigenvalue weighted by Crippen LogP contribution is -2.25. The quantitative estimate of drug-likeness (QED) is 0.584. The molecule has 0 saturated carbocycles. The molecule has 0 unspecified atom stereocenters. The SMILES string of the molecule is COC(=O)C(C)(C)CCCCCOc1ccc(O)cc1. The minimum Gasteiger partial charge on any atom is -0.508 e. The van der Waals surface area contributed by atoms with E-state index < -0.39 is 5.41 Å². The Hall–Kier alpha value is -1.71. The second-order valence-corrected chi connectivity index (χ2v) is 5.53. The van der Waals surface area contributed by atoms with Crippen molar-refractivity contribution in [2.24, 2.45) is 5.41 Å². The number of phenols is 1. The van der Waals surface area contributed by atoms with Crippen LogP contribution in [0.15, 0.2) is 24.3 Å². The highest BCUT2D eigenvalue weighted by Crippen LogP contribution is 2.25. The Balaban J connectivity index is 2.13. The van der Waals surface area contributed by atoms with E-state index in [1.165, 1.54) is 7.11 Å². The van der Waals surface area contributed by atoms with Crippen molar-refractivity contribution in [2.75, 3.05) is 13.7 Å². The van der Waals surface area contributed by atoms with Crippen LogP contribution in [0.3, 0.4) is 0 Å². The van der Waals surface area contributed by atoms with E-state index in [1.807, 2.05) is 13.8 Å². The van der Waals surface area contributed by atoms with Crippen molar-refractivity contribution >= 4 is 5.97 Å². The summed E-state index contributed by atoms with van der Waals surface area (Å²) in [4.78, 5) is 11.5. The Morgan fingerprint density at radius 3 is 2.40 bits per heavy atom. The molecule has 0 saturated heterocycles. The number of phenolic OH excluding ortho intramolecular Hbond substituents is 1. The van der Waals surface area contributed by atoms with Gasteiger partial charge < -0.3 is 14.6 Å². The molecule has 0 spiro atoms. The summed E-state index contributed by atoms with van der Waals surface area (Å²) in [5.74, 6) is 0.845. The third kappa shape index (κ3) is 5.51. The van der Waals surface area contributed by atoms with Crippen molar-refractivity contribution in [1.82, 2.24) is 0 Å². The number of benzene rings is 1. The van der Waals surface area contributed by atoms with Gasteiger partial charge in [0.15, 0.2) is 0 Å². The fraction of sp³-hybridized carbons (Fsp3) is 0.562. The Bertz CT molecular complexity index is 409. The number of methoxy groups -OCH3 is 1. The van der Waals surface area contributed by atoms with Gasteiger partial charge in [-0.1, -0.05) is 12.8 Å². The van der Waals surface area contributed by atoms with Crippen LogP contribution in [-0.4, -0.2) is 24.8 Å². The number of rotatable bonds is 8. The summed E-state index contributed by atoms with van der Waals surface area (Å²) in [5, 5.41) is 9.15. The van der Waals surface area contributed by atoms with E-state index >= 15 is 0 Å². The summed E-state index contributed by atoms with van der Waals surface area (Å²) < 4.78 is 10.3. The Kier molecular flexibility index (Phi) is 6.36. The Morgan fingerprint density at radius 2 is 1.80 bits per heavy atom. The third-order valence-corrected chi connectivity index (χ3v) is 3.29. The van der Waals surface area contributed by atoms with E-state index in [9.17, 15) is 4.79 Å². The highest BCUT2D eigenvalue weighted by atomic mass is 16.5. The van der Waals surface area contributed by atoms with Gasteiger partial charge in [0, 0.05) is 0 Å². The molecule has 0 aliphatic rings. The molecule has 1 N–H and O–H groups in total. The molecular weight excluding hydrogens is 256 g/mol. The van der Waals surface area contributed by atoms with Gasteiger partial charge in [0.25, 0.3) is 0 Å². The maximum Gasteiger partial charge on any atom is 0.311 e. The van der Waals surface area contributed by atoms with E-state index in [2.05, 4.69) is 0 Å². The predicted octanol–water partition coefficient (Wildman–Crippen LogP) is 3.53. The molecule has 0 heterocycles. The van der Waals surface area contributed by atoms with Crippen molar-refractivity contribution in [3.8, 4) is 11.5 Å². The van der Waals surface area contributed by atoms with Crippen LogP contribution in [0.5, 0.6) is 11.5 Å². The monoisotopic (exact) mass is 280 g/mol. The van der Waals surface area contributed by atoms with Crippen LogP contribution in [0.2, 0.25) is 0 Å². The van der Waals surface area contributed by atoms with Gasteiger partial charge in [-0.25, -0.2) is 0 Å². The zero-order valence-electron chi connectivity index (χ0n) is 12.5. The van der Waals surface area contributed by atoms with E-state index in [0.29, 0.717) is 6.61 Å². The first-order chi connectivity index (χ1) is 9.45. The first-order valence-corrected chi connectivity index (χ1v) is 6.96. The zero-order chi connectivity index (χ0) is 15.0. The number of aromatic hydroxyl groups is 1. The van der Waals surface area contributed by atoms with Crippen LogP contribution in [0, 0.1) is 5.41 Å². The molecule has 112 valence electrons. The number of hydrogen-bond acceptors (Lipinski definition) is 4. The molecule has 0 aliphatic heterocycles. The molecule has 1 rings (SSSR count). The number of carbonyl (C=O) groups excluding carboxylic acids is 1. The molecular formula is C16H24O4. The van der Waals surface area contributed by atoms with E-state index in [0.717, 1.165) is 31.4 Å².